The maximum atomic E-state index is 8.41. The predicted molar refractivity (Wildman–Crippen MR) is 37.1 cm³/mol. The molecule has 0 rings (SSSR count). The Labute approximate surface area is 56.1 Å². The normalized spacial score (nSPS) is 9.11. The van der Waals surface area contributed by atoms with Crippen molar-refractivity contribution in [2.75, 3.05) is 13.2 Å². The van der Waals surface area contributed by atoms with Gasteiger partial charge in [-0.2, -0.15) is 0 Å². The molecule has 0 heterocycles. The monoisotopic (exact) mass is 130 g/mol. The summed E-state index contributed by atoms with van der Waals surface area (Å²) in [5.74, 6) is 0.462. The van der Waals surface area contributed by atoms with Gasteiger partial charge in [0, 0.05) is 0 Å². The fourth-order valence-electron chi connectivity index (χ4n) is 0.406. The van der Waals surface area contributed by atoms with Crippen molar-refractivity contribution in [2.45, 2.75) is 19.8 Å². The van der Waals surface area contributed by atoms with Crippen molar-refractivity contribution < 1.29 is 9.84 Å². The molecule has 0 fully saturated rings. The Balaban J connectivity index is 2.97. The van der Waals surface area contributed by atoms with Gasteiger partial charge in [0.05, 0.1) is 13.2 Å². The molecule has 2 nitrogen and oxygen atoms in total. The van der Waals surface area contributed by atoms with Crippen molar-refractivity contribution in [1.82, 2.24) is 0 Å². The summed E-state index contributed by atoms with van der Waals surface area (Å²) >= 11 is 0. The molecule has 0 aromatic carbocycles. The highest BCUT2D eigenvalue weighted by atomic mass is 16.5. The molecule has 0 saturated heterocycles. The van der Waals surface area contributed by atoms with E-state index >= 15 is 0 Å². The van der Waals surface area contributed by atoms with Crippen LogP contribution in [-0.2, 0) is 4.74 Å². The van der Waals surface area contributed by atoms with Crippen LogP contribution in [-0.4, -0.2) is 18.3 Å². The zero-order valence-corrected chi connectivity index (χ0v) is 5.89. The standard InChI is InChI=1S/C7H14O2/c1-3-4-5-9-7(2)6-8/h8H,2-6H2,1H3. The van der Waals surface area contributed by atoms with E-state index in [2.05, 4.69) is 13.5 Å². The van der Waals surface area contributed by atoms with Gasteiger partial charge in [-0.15, -0.1) is 0 Å². The molecule has 0 saturated carbocycles. The molecular weight excluding hydrogens is 116 g/mol. The van der Waals surface area contributed by atoms with Crippen LogP contribution in [0.25, 0.3) is 0 Å². The highest BCUT2D eigenvalue weighted by molar-refractivity contribution is 4.80. The summed E-state index contributed by atoms with van der Waals surface area (Å²) < 4.78 is 4.99. The number of unbranched alkanes of at least 4 members (excludes halogenated alkanes) is 1. The van der Waals surface area contributed by atoms with Crippen LogP contribution in [0.2, 0.25) is 0 Å². The minimum Gasteiger partial charge on any atom is -0.496 e. The third-order valence-corrected chi connectivity index (χ3v) is 0.980. The molecule has 0 aliphatic rings. The number of hydrogen-bond acceptors (Lipinski definition) is 2. The fraction of sp³-hybridized carbons (Fsp3) is 0.714. The van der Waals surface area contributed by atoms with E-state index in [-0.39, 0.29) is 6.61 Å². The van der Waals surface area contributed by atoms with Gasteiger partial charge in [-0.25, -0.2) is 0 Å². The highest BCUT2D eigenvalue weighted by Gasteiger charge is 1.88. The zero-order valence-electron chi connectivity index (χ0n) is 5.89. The smallest absolute Gasteiger partial charge is 0.114 e. The van der Waals surface area contributed by atoms with Crippen LogP contribution in [0.5, 0.6) is 0 Å². The second-order valence-corrected chi connectivity index (χ2v) is 1.90. The number of aliphatic hydroxyl groups is 1. The van der Waals surface area contributed by atoms with Crippen molar-refractivity contribution in [2.24, 2.45) is 0 Å². The summed E-state index contributed by atoms with van der Waals surface area (Å²) in [5, 5.41) is 8.41. The lowest BCUT2D eigenvalue weighted by atomic mass is 10.4. The molecule has 0 aromatic rings. The maximum absolute atomic E-state index is 8.41. The van der Waals surface area contributed by atoms with Crippen molar-refractivity contribution in [3.63, 3.8) is 0 Å². The third kappa shape index (κ3) is 5.37. The summed E-state index contributed by atoms with van der Waals surface area (Å²) in [6, 6.07) is 0. The lowest BCUT2D eigenvalue weighted by Gasteiger charge is -2.03. The molecule has 0 aliphatic heterocycles. The van der Waals surface area contributed by atoms with Crippen molar-refractivity contribution >= 4 is 0 Å². The SMILES string of the molecule is C=C(CO)OCCCC. The Kier molecular flexibility index (Phi) is 5.32. The molecule has 0 bridgehead atoms. The Bertz CT molecular complexity index is 79.0. The van der Waals surface area contributed by atoms with Crippen molar-refractivity contribution in [3.05, 3.63) is 12.3 Å². The minimum atomic E-state index is -0.0658. The molecular formula is C7H14O2. The molecule has 0 amide bonds. The average Bonchev–Trinajstić information content (AvgIpc) is 1.89. The summed E-state index contributed by atoms with van der Waals surface area (Å²) in [6.07, 6.45) is 2.14. The zero-order chi connectivity index (χ0) is 7.11. The molecule has 1 N–H and O–H groups in total. The largest absolute Gasteiger partial charge is 0.496 e. The topological polar surface area (TPSA) is 29.5 Å². The fourth-order valence-corrected chi connectivity index (χ4v) is 0.406. The summed E-state index contributed by atoms with van der Waals surface area (Å²) in [5.41, 5.74) is 0. The van der Waals surface area contributed by atoms with Gasteiger partial charge < -0.3 is 9.84 Å². The number of hydrogen-bond donors (Lipinski definition) is 1. The first-order chi connectivity index (χ1) is 4.31. The summed E-state index contributed by atoms with van der Waals surface area (Å²) in [7, 11) is 0. The second-order valence-electron chi connectivity index (χ2n) is 1.90. The molecule has 54 valence electrons. The van der Waals surface area contributed by atoms with E-state index in [0.717, 1.165) is 12.8 Å². The first-order valence-corrected chi connectivity index (χ1v) is 3.22. The maximum Gasteiger partial charge on any atom is 0.114 e. The first kappa shape index (κ1) is 8.50. The Morgan fingerprint density at radius 2 is 2.33 bits per heavy atom. The molecule has 0 aromatic heterocycles. The van der Waals surface area contributed by atoms with E-state index in [4.69, 9.17) is 9.84 Å². The van der Waals surface area contributed by atoms with E-state index in [1.807, 2.05) is 0 Å². The van der Waals surface area contributed by atoms with Gasteiger partial charge in [-0.1, -0.05) is 19.9 Å². The van der Waals surface area contributed by atoms with Crippen molar-refractivity contribution in [1.29, 1.82) is 0 Å². The molecule has 0 spiro atoms. The number of rotatable bonds is 5. The molecule has 0 atom stereocenters. The molecule has 2 heteroatoms. The van der Waals surface area contributed by atoms with E-state index in [1.54, 1.807) is 0 Å². The average molecular weight is 130 g/mol. The van der Waals surface area contributed by atoms with Gasteiger partial charge in [0.15, 0.2) is 0 Å². The summed E-state index contributed by atoms with van der Waals surface area (Å²) in [4.78, 5) is 0. The Hall–Kier alpha value is -0.500. The van der Waals surface area contributed by atoms with Crippen LogP contribution in [0.4, 0.5) is 0 Å². The van der Waals surface area contributed by atoms with Gasteiger partial charge in [0.2, 0.25) is 0 Å². The van der Waals surface area contributed by atoms with E-state index in [0.29, 0.717) is 12.4 Å². The van der Waals surface area contributed by atoms with Crippen LogP contribution in [0.3, 0.4) is 0 Å². The van der Waals surface area contributed by atoms with Gasteiger partial charge in [-0.05, 0) is 6.42 Å². The van der Waals surface area contributed by atoms with Crippen molar-refractivity contribution in [3.8, 4) is 0 Å². The van der Waals surface area contributed by atoms with E-state index < -0.39 is 0 Å². The van der Waals surface area contributed by atoms with E-state index in [1.165, 1.54) is 0 Å². The molecule has 0 aliphatic carbocycles. The lowest BCUT2D eigenvalue weighted by molar-refractivity contribution is 0.159. The minimum absolute atomic E-state index is 0.0658. The third-order valence-electron chi connectivity index (χ3n) is 0.980. The van der Waals surface area contributed by atoms with E-state index in [9.17, 15) is 0 Å². The van der Waals surface area contributed by atoms with Crippen LogP contribution in [0.1, 0.15) is 19.8 Å². The van der Waals surface area contributed by atoms with Crippen LogP contribution < -0.4 is 0 Å². The number of aliphatic hydroxyl groups excluding tert-OH is 1. The second kappa shape index (κ2) is 5.63. The van der Waals surface area contributed by atoms with Crippen LogP contribution >= 0.6 is 0 Å². The van der Waals surface area contributed by atoms with Gasteiger partial charge >= 0.3 is 0 Å². The van der Waals surface area contributed by atoms with Gasteiger partial charge in [0.1, 0.15) is 5.76 Å². The summed E-state index contributed by atoms with van der Waals surface area (Å²) in [6.45, 7) is 6.17. The van der Waals surface area contributed by atoms with Crippen LogP contribution in [0.15, 0.2) is 12.3 Å². The first-order valence-electron chi connectivity index (χ1n) is 3.22. The molecule has 9 heavy (non-hydrogen) atoms. The number of ether oxygens (including phenoxy) is 1. The quantitative estimate of drug-likeness (QED) is 0.449. The predicted octanol–water partition coefficient (Wildman–Crippen LogP) is 1.31. The Morgan fingerprint density at radius 3 is 2.78 bits per heavy atom. The van der Waals surface area contributed by atoms with Crippen LogP contribution in [0, 0.1) is 0 Å². The Morgan fingerprint density at radius 1 is 1.67 bits per heavy atom. The van der Waals surface area contributed by atoms with Gasteiger partial charge in [0.25, 0.3) is 0 Å². The lowest BCUT2D eigenvalue weighted by Crippen LogP contribution is -1.96. The molecule has 0 unspecified atom stereocenters. The van der Waals surface area contributed by atoms with Gasteiger partial charge in [-0.3, -0.25) is 0 Å². The highest BCUT2D eigenvalue weighted by Crippen LogP contribution is 1.94. The molecule has 0 radical (unpaired) electrons.